The fraction of sp³-hybridized carbons (Fsp3) is 0.588. The van der Waals surface area contributed by atoms with Crippen molar-refractivity contribution in [2.45, 2.75) is 37.6 Å². The average molecular weight is 289 g/mol. The Balaban J connectivity index is 1.76. The first-order valence-corrected chi connectivity index (χ1v) is 7.85. The van der Waals surface area contributed by atoms with E-state index in [1.807, 2.05) is 12.1 Å². The topological polar surface area (TPSA) is 49.8 Å². The van der Waals surface area contributed by atoms with Gasteiger partial charge in [0.1, 0.15) is 5.75 Å². The van der Waals surface area contributed by atoms with Gasteiger partial charge in [-0.15, -0.1) is 0 Å². The van der Waals surface area contributed by atoms with Crippen LogP contribution in [0.4, 0.5) is 0 Å². The van der Waals surface area contributed by atoms with E-state index >= 15 is 0 Å². The molecule has 0 spiro atoms. The van der Waals surface area contributed by atoms with Crippen LogP contribution >= 0.6 is 0 Å². The lowest BCUT2D eigenvalue weighted by atomic mass is 9.86. The summed E-state index contributed by atoms with van der Waals surface area (Å²) in [5.41, 5.74) is 0.708. The summed E-state index contributed by atoms with van der Waals surface area (Å²) in [6, 6.07) is 6.99. The monoisotopic (exact) mass is 289 g/mol. The molecule has 1 saturated heterocycles. The Hall–Kier alpha value is -1.39. The molecule has 1 aromatic carbocycles. The van der Waals surface area contributed by atoms with Crippen molar-refractivity contribution in [1.82, 2.24) is 4.90 Å². The number of aromatic hydroxyl groups is 1. The van der Waals surface area contributed by atoms with E-state index in [0.717, 1.165) is 57.6 Å². The summed E-state index contributed by atoms with van der Waals surface area (Å²) in [6.07, 6.45) is 4.68. The number of hydrogen-bond donors (Lipinski definition) is 1. The maximum Gasteiger partial charge on any atom is 0.157 e. The van der Waals surface area contributed by atoms with Gasteiger partial charge in [0.2, 0.25) is 0 Å². The normalized spacial score (nSPS) is 22.3. The van der Waals surface area contributed by atoms with E-state index in [9.17, 15) is 9.90 Å². The SMILES string of the molecule is O=C(Cc1ccc(O)cc1)C1(N2CCOCC2)CCCC1. The molecule has 4 heteroatoms. The fourth-order valence-corrected chi connectivity index (χ4v) is 3.69. The lowest BCUT2D eigenvalue weighted by Gasteiger charge is -2.42. The van der Waals surface area contributed by atoms with Gasteiger partial charge < -0.3 is 9.84 Å². The second-order valence-electron chi connectivity index (χ2n) is 6.10. The van der Waals surface area contributed by atoms with E-state index in [4.69, 9.17) is 4.74 Å². The van der Waals surface area contributed by atoms with E-state index < -0.39 is 0 Å². The number of rotatable bonds is 4. The number of hydrogen-bond acceptors (Lipinski definition) is 4. The molecule has 0 amide bonds. The first kappa shape index (κ1) is 14.5. The third kappa shape index (κ3) is 2.97. The molecule has 114 valence electrons. The average Bonchev–Trinajstić information content (AvgIpc) is 3.01. The number of carbonyl (C=O) groups excluding carboxylic acids is 1. The van der Waals surface area contributed by atoms with Crippen LogP contribution in [0.3, 0.4) is 0 Å². The lowest BCUT2D eigenvalue weighted by Crippen LogP contribution is -2.57. The van der Waals surface area contributed by atoms with Crippen molar-refractivity contribution in [2.75, 3.05) is 26.3 Å². The van der Waals surface area contributed by atoms with Crippen molar-refractivity contribution < 1.29 is 14.6 Å². The summed E-state index contributed by atoms with van der Waals surface area (Å²) in [7, 11) is 0. The third-order valence-electron chi connectivity index (χ3n) is 4.87. The van der Waals surface area contributed by atoms with Gasteiger partial charge in [-0.2, -0.15) is 0 Å². The summed E-state index contributed by atoms with van der Waals surface area (Å²) in [5, 5.41) is 9.35. The quantitative estimate of drug-likeness (QED) is 0.922. The highest BCUT2D eigenvalue weighted by molar-refractivity contribution is 5.90. The first-order valence-electron chi connectivity index (χ1n) is 7.85. The van der Waals surface area contributed by atoms with Gasteiger partial charge in [0.25, 0.3) is 0 Å². The Morgan fingerprint density at radius 2 is 1.76 bits per heavy atom. The Labute approximate surface area is 125 Å². The molecule has 3 rings (SSSR count). The highest BCUT2D eigenvalue weighted by atomic mass is 16.5. The smallest absolute Gasteiger partial charge is 0.157 e. The van der Waals surface area contributed by atoms with Gasteiger partial charge >= 0.3 is 0 Å². The molecule has 1 aromatic rings. The molecule has 0 unspecified atom stereocenters. The Morgan fingerprint density at radius 1 is 1.14 bits per heavy atom. The minimum atomic E-state index is -0.276. The number of ether oxygens (including phenoxy) is 1. The van der Waals surface area contributed by atoms with Gasteiger partial charge in [-0.1, -0.05) is 25.0 Å². The number of carbonyl (C=O) groups is 1. The second kappa shape index (κ2) is 6.16. The zero-order valence-corrected chi connectivity index (χ0v) is 12.4. The van der Waals surface area contributed by atoms with Gasteiger partial charge in [-0.3, -0.25) is 9.69 Å². The van der Waals surface area contributed by atoms with E-state index in [1.54, 1.807) is 12.1 Å². The van der Waals surface area contributed by atoms with Crippen LogP contribution in [0.2, 0.25) is 0 Å². The molecule has 4 nitrogen and oxygen atoms in total. The maximum atomic E-state index is 13.0. The van der Waals surface area contributed by atoms with Crippen LogP contribution in [0.15, 0.2) is 24.3 Å². The molecule has 21 heavy (non-hydrogen) atoms. The van der Waals surface area contributed by atoms with Crippen LogP contribution in [-0.2, 0) is 16.0 Å². The number of benzene rings is 1. The van der Waals surface area contributed by atoms with Crippen LogP contribution in [0.5, 0.6) is 5.75 Å². The molecule has 1 aliphatic carbocycles. The van der Waals surface area contributed by atoms with E-state index in [2.05, 4.69) is 4.90 Å². The fourth-order valence-electron chi connectivity index (χ4n) is 3.69. The van der Waals surface area contributed by atoms with Crippen molar-refractivity contribution in [3.05, 3.63) is 29.8 Å². The number of phenols is 1. The van der Waals surface area contributed by atoms with Gasteiger partial charge in [0, 0.05) is 19.5 Å². The molecule has 1 saturated carbocycles. The van der Waals surface area contributed by atoms with Crippen LogP contribution in [-0.4, -0.2) is 47.6 Å². The molecule has 1 aliphatic heterocycles. The van der Waals surface area contributed by atoms with Crippen LogP contribution in [0.25, 0.3) is 0 Å². The maximum absolute atomic E-state index is 13.0. The van der Waals surface area contributed by atoms with Crippen molar-refractivity contribution in [3.8, 4) is 5.75 Å². The first-order chi connectivity index (χ1) is 10.2. The highest BCUT2D eigenvalue weighted by Gasteiger charge is 2.45. The molecule has 1 heterocycles. The molecule has 0 radical (unpaired) electrons. The summed E-state index contributed by atoms with van der Waals surface area (Å²) >= 11 is 0. The summed E-state index contributed by atoms with van der Waals surface area (Å²) in [4.78, 5) is 15.3. The number of morpholine rings is 1. The van der Waals surface area contributed by atoms with Gasteiger partial charge in [-0.05, 0) is 30.5 Å². The number of ketones is 1. The Morgan fingerprint density at radius 3 is 2.38 bits per heavy atom. The minimum Gasteiger partial charge on any atom is -0.508 e. The third-order valence-corrected chi connectivity index (χ3v) is 4.87. The summed E-state index contributed by atoms with van der Waals surface area (Å²) in [6.45, 7) is 3.19. The van der Waals surface area contributed by atoms with Crippen LogP contribution < -0.4 is 0 Å². The predicted octanol–water partition coefficient (Wildman–Crippen LogP) is 2.15. The lowest BCUT2D eigenvalue weighted by molar-refractivity contribution is -0.133. The molecule has 0 atom stereocenters. The zero-order chi connectivity index (χ0) is 14.7. The van der Waals surface area contributed by atoms with E-state index in [0.29, 0.717) is 12.2 Å². The van der Waals surface area contributed by atoms with E-state index in [1.165, 1.54) is 0 Å². The molecule has 2 fully saturated rings. The largest absolute Gasteiger partial charge is 0.508 e. The van der Waals surface area contributed by atoms with E-state index in [-0.39, 0.29) is 11.3 Å². The molecule has 1 N–H and O–H groups in total. The minimum absolute atomic E-state index is 0.245. The Kier molecular flexibility index (Phi) is 4.27. The molecule has 2 aliphatic rings. The number of phenolic OH excluding ortho intramolecular Hbond substituents is 1. The highest BCUT2D eigenvalue weighted by Crippen LogP contribution is 2.37. The standard InChI is InChI=1S/C17H23NO3/c19-15-5-3-14(4-6-15)13-16(20)17(7-1-2-8-17)18-9-11-21-12-10-18/h3-6,19H,1-2,7-13H2. The molecule has 0 bridgehead atoms. The van der Waals surface area contributed by atoms with Crippen LogP contribution in [0, 0.1) is 0 Å². The van der Waals surface area contributed by atoms with Crippen molar-refractivity contribution in [3.63, 3.8) is 0 Å². The second-order valence-corrected chi connectivity index (χ2v) is 6.10. The molecule has 0 aromatic heterocycles. The van der Waals surface area contributed by atoms with Gasteiger partial charge in [0.05, 0.1) is 18.8 Å². The summed E-state index contributed by atoms with van der Waals surface area (Å²) < 4.78 is 5.43. The van der Waals surface area contributed by atoms with Gasteiger partial charge in [0.15, 0.2) is 5.78 Å². The predicted molar refractivity (Wildman–Crippen MR) is 80.4 cm³/mol. The van der Waals surface area contributed by atoms with Crippen molar-refractivity contribution in [1.29, 1.82) is 0 Å². The zero-order valence-electron chi connectivity index (χ0n) is 12.4. The Bertz CT molecular complexity index is 485. The molecular weight excluding hydrogens is 266 g/mol. The summed E-state index contributed by atoms with van der Waals surface area (Å²) in [5.74, 6) is 0.572. The van der Waals surface area contributed by atoms with Crippen LogP contribution in [0.1, 0.15) is 31.2 Å². The number of Topliss-reactive ketones (excluding diaryl/α,β-unsaturated/α-hetero) is 1. The van der Waals surface area contributed by atoms with Crippen molar-refractivity contribution >= 4 is 5.78 Å². The van der Waals surface area contributed by atoms with Crippen molar-refractivity contribution in [2.24, 2.45) is 0 Å². The molecular formula is C17H23NO3. The number of nitrogens with zero attached hydrogens (tertiary/aromatic N) is 1. The van der Waals surface area contributed by atoms with Gasteiger partial charge in [-0.25, -0.2) is 0 Å².